The maximum Gasteiger partial charge on any atom is 0.0726 e. The number of aryl methyl sites for hydroxylation is 2. The quantitative estimate of drug-likeness (QED) is 0.873. The lowest BCUT2D eigenvalue weighted by atomic mass is 9.89. The first-order valence-electron chi connectivity index (χ1n) is 6.63. The van der Waals surface area contributed by atoms with Gasteiger partial charge in [0.15, 0.2) is 0 Å². The highest BCUT2D eigenvalue weighted by molar-refractivity contribution is 5.37. The highest BCUT2D eigenvalue weighted by atomic mass is 14.8. The molecular formula is C16H18N2. The van der Waals surface area contributed by atoms with Gasteiger partial charge >= 0.3 is 0 Å². The van der Waals surface area contributed by atoms with Crippen LogP contribution in [0, 0.1) is 0 Å². The van der Waals surface area contributed by atoms with Gasteiger partial charge in [-0.1, -0.05) is 24.3 Å². The van der Waals surface area contributed by atoms with Crippen LogP contribution >= 0.6 is 0 Å². The topological polar surface area (TPSA) is 38.9 Å². The summed E-state index contributed by atoms with van der Waals surface area (Å²) in [4.78, 5) is 4.34. The minimum atomic E-state index is -0.113. The van der Waals surface area contributed by atoms with Gasteiger partial charge in [-0.05, 0) is 54.5 Å². The molecule has 1 aliphatic rings. The zero-order valence-electron chi connectivity index (χ0n) is 10.5. The van der Waals surface area contributed by atoms with E-state index >= 15 is 0 Å². The molecule has 1 aliphatic carbocycles. The van der Waals surface area contributed by atoms with Gasteiger partial charge < -0.3 is 5.73 Å². The van der Waals surface area contributed by atoms with Gasteiger partial charge in [0.05, 0.1) is 11.7 Å². The lowest BCUT2D eigenvalue weighted by molar-refractivity contribution is 0.682. The number of aromatic nitrogens is 1. The van der Waals surface area contributed by atoms with Gasteiger partial charge in [0.1, 0.15) is 0 Å². The molecule has 1 aromatic carbocycles. The Bertz CT molecular complexity index is 534. The van der Waals surface area contributed by atoms with Crippen molar-refractivity contribution in [3.05, 3.63) is 65.0 Å². The van der Waals surface area contributed by atoms with E-state index in [4.69, 9.17) is 5.73 Å². The number of fused-ring (bicyclic) bond motifs is 1. The lowest BCUT2D eigenvalue weighted by Gasteiger charge is -2.19. The van der Waals surface area contributed by atoms with Gasteiger partial charge in [-0.2, -0.15) is 0 Å². The number of nitrogens with zero attached hydrogens (tertiary/aromatic N) is 1. The summed E-state index contributed by atoms with van der Waals surface area (Å²) >= 11 is 0. The normalized spacial score (nSPS) is 16.1. The van der Waals surface area contributed by atoms with E-state index in [0.29, 0.717) is 0 Å². The summed E-state index contributed by atoms with van der Waals surface area (Å²) < 4.78 is 0. The number of hydrogen-bond donors (Lipinski definition) is 1. The van der Waals surface area contributed by atoms with Crippen LogP contribution in [0.5, 0.6) is 0 Å². The second-order valence-electron chi connectivity index (χ2n) is 4.97. The van der Waals surface area contributed by atoms with Crippen molar-refractivity contribution in [3.8, 4) is 0 Å². The van der Waals surface area contributed by atoms with Crippen molar-refractivity contribution in [1.29, 1.82) is 0 Å². The summed E-state index contributed by atoms with van der Waals surface area (Å²) in [7, 11) is 0. The van der Waals surface area contributed by atoms with E-state index in [1.54, 1.807) is 6.20 Å². The highest BCUT2D eigenvalue weighted by Gasteiger charge is 2.14. The van der Waals surface area contributed by atoms with E-state index in [2.05, 4.69) is 23.2 Å². The summed E-state index contributed by atoms with van der Waals surface area (Å²) in [5, 5.41) is 0. The molecule has 0 spiro atoms. The molecule has 0 amide bonds. The van der Waals surface area contributed by atoms with Crippen molar-refractivity contribution in [1.82, 2.24) is 4.98 Å². The molecule has 3 rings (SSSR count). The van der Waals surface area contributed by atoms with E-state index in [1.165, 1.54) is 42.4 Å². The third-order valence-electron chi connectivity index (χ3n) is 3.74. The van der Waals surface area contributed by atoms with Crippen molar-refractivity contribution < 1.29 is 0 Å². The molecule has 1 unspecified atom stereocenters. The molecule has 0 saturated heterocycles. The van der Waals surface area contributed by atoms with Crippen LogP contribution in [-0.2, 0) is 12.8 Å². The van der Waals surface area contributed by atoms with Gasteiger partial charge in [0, 0.05) is 6.20 Å². The zero-order valence-corrected chi connectivity index (χ0v) is 10.5. The summed E-state index contributed by atoms with van der Waals surface area (Å²) in [6, 6.07) is 12.5. The van der Waals surface area contributed by atoms with Crippen LogP contribution in [-0.4, -0.2) is 4.98 Å². The maximum atomic E-state index is 6.29. The molecule has 2 nitrogen and oxygen atoms in total. The number of rotatable bonds is 2. The van der Waals surface area contributed by atoms with Gasteiger partial charge in [-0.25, -0.2) is 0 Å². The summed E-state index contributed by atoms with van der Waals surface area (Å²) in [5.74, 6) is 0. The van der Waals surface area contributed by atoms with E-state index in [1.807, 2.05) is 18.2 Å². The Morgan fingerprint density at radius 1 is 1.00 bits per heavy atom. The van der Waals surface area contributed by atoms with E-state index < -0.39 is 0 Å². The Labute approximate surface area is 108 Å². The van der Waals surface area contributed by atoms with Crippen LogP contribution < -0.4 is 5.73 Å². The van der Waals surface area contributed by atoms with Crippen LogP contribution in [0.25, 0.3) is 0 Å². The van der Waals surface area contributed by atoms with Crippen LogP contribution in [0.15, 0.2) is 42.6 Å². The first-order chi connectivity index (χ1) is 8.84. The van der Waals surface area contributed by atoms with Crippen molar-refractivity contribution in [2.45, 2.75) is 31.7 Å². The molecule has 1 aromatic heterocycles. The summed E-state index contributed by atoms with van der Waals surface area (Å²) in [6.45, 7) is 0. The molecule has 92 valence electrons. The first kappa shape index (κ1) is 11.4. The van der Waals surface area contributed by atoms with Crippen molar-refractivity contribution in [2.24, 2.45) is 5.73 Å². The van der Waals surface area contributed by atoms with E-state index in [9.17, 15) is 0 Å². The largest absolute Gasteiger partial charge is 0.319 e. The van der Waals surface area contributed by atoms with Crippen molar-refractivity contribution in [2.75, 3.05) is 0 Å². The van der Waals surface area contributed by atoms with Gasteiger partial charge in [0.2, 0.25) is 0 Å². The SMILES string of the molecule is NC(c1ccc2c(c1)CCCC2)c1ccccn1. The van der Waals surface area contributed by atoms with Crippen molar-refractivity contribution in [3.63, 3.8) is 0 Å². The van der Waals surface area contributed by atoms with Crippen LogP contribution in [0.2, 0.25) is 0 Å². The molecule has 18 heavy (non-hydrogen) atoms. The lowest BCUT2D eigenvalue weighted by Crippen LogP contribution is -2.14. The predicted molar refractivity (Wildman–Crippen MR) is 73.4 cm³/mol. The van der Waals surface area contributed by atoms with Gasteiger partial charge in [-0.15, -0.1) is 0 Å². The molecule has 0 fully saturated rings. The average molecular weight is 238 g/mol. The van der Waals surface area contributed by atoms with Crippen LogP contribution in [0.1, 0.15) is 41.3 Å². The fourth-order valence-corrected chi connectivity index (χ4v) is 2.68. The number of hydrogen-bond acceptors (Lipinski definition) is 2. The minimum absolute atomic E-state index is 0.113. The predicted octanol–water partition coefficient (Wildman–Crippen LogP) is 3.01. The first-order valence-corrected chi connectivity index (χ1v) is 6.63. The Kier molecular flexibility index (Phi) is 3.11. The zero-order chi connectivity index (χ0) is 12.4. The molecule has 2 aromatic rings. The van der Waals surface area contributed by atoms with Gasteiger partial charge in [0.25, 0.3) is 0 Å². The van der Waals surface area contributed by atoms with Gasteiger partial charge in [-0.3, -0.25) is 4.98 Å². The summed E-state index contributed by atoms with van der Waals surface area (Å²) in [6.07, 6.45) is 6.83. The molecule has 0 aliphatic heterocycles. The fourth-order valence-electron chi connectivity index (χ4n) is 2.68. The molecule has 1 heterocycles. The van der Waals surface area contributed by atoms with Crippen LogP contribution in [0.4, 0.5) is 0 Å². The summed E-state index contributed by atoms with van der Waals surface area (Å²) in [5.41, 5.74) is 11.4. The monoisotopic (exact) mass is 238 g/mol. The number of benzene rings is 1. The van der Waals surface area contributed by atoms with E-state index in [0.717, 1.165) is 5.69 Å². The molecule has 2 N–H and O–H groups in total. The standard InChI is InChI=1S/C16H18N2/c17-16(15-7-3-4-10-18-15)14-9-8-12-5-1-2-6-13(12)11-14/h3-4,7-11,16H,1-2,5-6,17H2. The second kappa shape index (κ2) is 4.91. The van der Waals surface area contributed by atoms with Crippen LogP contribution in [0.3, 0.4) is 0 Å². The molecule has 0 bridgehead atoms. The molecule has 0 saturated carbocycles. The molecular weight excluding hydrogens is 220 g/mol. The smallest absolute Gasteiger partial charge is 0.0726 e. The van der Waals surface area contributed by atoms with Crippen molar-refractivity contribution >= 4 is 0 Å². The second-order valence-corrected chi connectivity index (χ2v) is 4.97. The number of pyridine rings is 1. The Morgan fingerprint density at radius 2 is 1.83 bits per heavy atom. The minimum Gasteiger partial charge on any atom is -0.319 e. The molecule has 0 radical (unpaired) electrons. The third-order valence-corrected chi connectivity index (χ3v) is 3.74. The third kappa shape index (κ3) is 2.16. The average Bonchev–Trinajstić information content (AvgIpc) is 2.47. The number of nitrogens with two attached hydrogens (primary N) is 1. The molecule has 2 heteroatoms. The Balaban J connectivity index is 1.93. The Hall–Kier alpha value is -1.67. The van der Waals surface area contributed by atoms with E-state index in [-0.39, 0.29) is 6.04 Å². The maximum absolute atomic E-state index is 6.29. The molecule has 1 atom stereocenters. The fraction of sp³-hybridized carbons (Fsp3) is 0.312. The Morgan fingerprint density at radius 3 is 2.61 bits per heavy atom. The highest BCUT2D eigenvalue weighted by Crippen LogP contribution is 2.25.